The van der Waals surface area contributed by atoms with Crippen LogP contribution in [0.5, 0.6) is 0 Å². The SMILES string of the molecule is CCCCCCCCC/C=C\CCCCCCCCCC(=O)OCC(COC(=O)CCCCCCCC)OC(=O)CCCCCCC/C=C\CCCCCCCCC. The van der Waals surface area contributed by atoms with E-state index in [4.69, 9.17) is 14.2 Å². The van der Waals surface area contributed by atoms with Gasteiger partial charge in [-0.05, 0) is 70.6 Å². The van der Waals surface area contributed by atoms with Crippen LogP contribution in [0.3, 0.4) is 0 Å². The third-order valence-corrected chi connectivity index (χ3v) is 11.2. The predicted octanol–water partition coefficient (Wildman–Crippen LogP) is 16.4. The molecule has 0 aliphatic carbocycles. The van der Waals surface area contributed by atoms with Gasteiger partial charge in [0.1, 0.15) is 13.2 Å². The molecule has 1 unspecified atom stereocenters. The topological polar surface area (TPSA) is 78.9 Å². The van der Waals surface area contributed by atoms with Crippen molar-refractivity contribution < 1.29 is 28.6 Å². The van der Waals surface area contributed by atoms with E-state index in [0.717, 1.165) is 64.2 Å². The lowest BCUT2D eigenvalue weighted by atomic mass is 10.1. The van der Waals surface area contributed by atoms with Gasteiger partial charge in [-0.2, -0.15) is 0 Å². The van der Waals surface area contributed by atoms with Crippen LogP contribution in [0, 0.1) is 0 Å². The second-order valence-electron chi connectivity index (χ2n) is 17.1. The molecule has 0 saturated carbocycles. The van der Waals surface area contributed by atoms with Gasteiger partial charge >= 0.3 is 17.9 Å². The van der Waals surface area contributed by atoms with Crippen LogP contribution in [0.2, 0.25) is 0 Å². The summed E-state index contributed by atoms with van der Waals surface area (Å²) in [5.41, 5.74) is 0. The zero-order valence-corrected chi connectivity index (χ0v) is 38.8. The van der Waals surface area contributed by atoms with E-state index in [1.54, 1.807) is 0 Å². The number of unbranched alkanes of at least 4 members (excludes halogenated alkanes) is 31. The van der Waals surface area contributed by atoms with E-state index in [0.29, 0.717) is 19.3 Å². The molecule has 0 heterocycles. The van der Waals surface area contributed by atoms with E-state index >= 15 is 0 Å². The number of allylic oxidation sites excluding steroid dienone is 4. The lowest BCUT2D eigenvalue weighted by molar-refractivity contribution is -0.167. The Morgan fingerprint density at radius 3 is 0.862 bits per heavy atom. The van der Waals surface area contributed by atoms with Crippen LogP contribution in [-0.2, 0) is 28.6 Å². The molecule has 6 nitrogen and oxygen atoms in total. The van der Waals surface area contributed by atoms with E-state index < -0.39 is 6.10 Å². The molecule has 1 atom stereocenters. The van der Waals surface area contributed by atoms with Crippen LogP contribution in [0.15, 0.2) is 24.3 Å². The first-order chi connectivity index (χ1) is 28.5. The lowest BCUT2D eigenvalue weighted by Crippen LogP contribution is -2.30. The number of esters is 3. The van der Waals surface area contributed by atoms with Crippen molar-refractivity contribution in [3.63, 3.8) is 0 Å². The van der Waals surface area contributed by atoms with Crippen molar-refractivity contribution in [3.05, 3.63) is 24.3 Å². The van der Waals surface area contributed by atoms with Crippen molar-refractivity contribution in [2.75, 3.05) is 13.2 Å². The van der Waals surface area contributed by atoms with Gasteiger partial charge in [-0.1, -0.05) is 206 Å². The second-order valence-corrected chi connectivity index (χ2v) is 17.1. The number of ether oxygens (including phenoxy) is 3. The molecule has 0 amide bonds. The van der Waals surface area contributed by atoms with Crippen LogP contribution in [-0.4, -0.2) is 37.2 Å². The minimum Gasteiger partial charge on any atom is -0.462 e. The highest BCUT2D eigenvalue weighted by atomic mass is 16.6. The Kier molecular flexibility index (Phi) is 45.8. The quantitative estimate of drug-likeness (QED) is 0.0263. The van der Waals surface area contributed by atoms with Gasteiger partial charge < -0.3 is 14.2 Å². The summed E-state index contributed by atoms with van der Waals surface area (Å²) in [5.74, 6) is -0.887. The highest BCUT2D eigenvalue weighted by Crippen LogP contribution is 2.15. The smallest absolute Gasteiger partial charge is 0.306 e. The fourth-order valence-electron chi connectivity index (χ4n) is 7.31. The largest absolute Gasteiger partial charge is 0.462 e. The average molecular weight is 817 g/mol. The number of carbonyl (C=O) groups is 3. The summed E-state index contributed by atoms with van der Waals surface area (Å²) in [6, 6.07) is 0. The fourth-order valence-corrected chi connectivity index (χ4v) is 7.31. The number of carbonyl (C=O) groups excluding carboxylic acids is 3. The van der Waals surface area contributed by atoms with Crippen molar-refractivity contribution in [1.82, 2.24) is 0 Å². The minimum atomic E-state index is -0.770. The Labute approximate surface area is 360 Å². The third-order valence-electron chi connectivity index (χ3n) is 11.2. The Bertz CT molecular complexity index is 942. The van der Waals surface area contributed by atoms with Gasteiger partial charge in [-0.15, -0.1) is 0 Å². The number of hydrogen-bond acceptors (Lipinski definition) is 6. The van der Waals surface area contributed by atoms with E-state index in [2.05, 4.69) is 45.1 Å². The summed E-state index contributed by atoms with van der Waals surface area (Å²) >= 11 is 0. The molecule has 0 spiro atoms. The summed E-state index contributed by atoms with van der Waals surface area (Å²) in [4.78, 5) is 37.7. The summed E-state index contributed by atoms with van der Waals surface area (Å²) < 4.78 is 16.7. The zero-order valence-electron chi connectivity index (χ0n) is 38.8. The summed E-state index contributed by atoms with van der Waals surface area (Å²) in [6.07, 6.45) is 53.3. The molecule has 0 N–H and O–H groups in total. The molecule has 340 valence electrons. The Hall–Kier alpha value is -2.11. The van der Waals surface area contributed by atoms with Gasteiger partial charge in [0.05, 0.1) is 0 Å². The van der Waals surface area contributed by atoms with E-state index in [-0.39, 0.29) is 31.1 Å². The lowest BCUT2D eigenvalue weighted by Gasteiger charge is -2.18. The van der Waals surface area contributed by atoms with Crippen molar-refractivity contribution in [3.8, 4) is 0 Å². The van der Waals surface area contributed by atoms with Gasteiger partial charge in [-0.25, -0.2) is 0 Å². The van der Waals surface area contributed by atoms with Crippen LogP contribution in [0.25, 0.3) is 0 Å². The summed E-state index contributed by atoms with van der Waals surface area (Å²) in [7, 11) is 0. The van der Waals surface area contributed by atoms with Crippen molar-refractivity contribution >= 4 is 17.9 Å². The Morgan fingerprint density at radius 2 is 0.569 bits per heavy atom. The molecule has 0 rings (SSSR count). The Balaban J connectivity index is 4.21. The van der Waals surface area contributed by atoms with Gasteiger partial charge in [0.2, 0.25) is 0 Å². The van der Waals surface area contributed by atoms with E-state index in [1.807, 2.05) is 0 Å². The van der Waals surface area contributed by atoms with Crippen LogP contribution in [0.1, 0.15) is 271 Å². The van der Waals surface area contributed by atoms with E-state index in [1.165, 1.54) is 167 Å². The molecular weight excluding hydrogens is 721 g/mol. The van der Waals surface area contributed by atoms with Crippen LogP contribution >= 0.6 is 0 Å². The molecule has 6 heteroatoms. The molecule has 0 aromatic heterocycles. The molecule has 0 aliphatic heterocycles. The molecule has 0 saturated heterocycles. The van der Waals surface area contributed by atoms with Crippen molar-refractivity contribution in [2.24, 2.45) is 0 Å². The molecule has 0 aromatic carbocycles. The molecular formula is C52H96O6. The fraction of sp³-hybridized carbons (Fsp3) is 0.865. The van der Waals surface area contributed by atoms with Gasteiger partial charge in [0, 0.05) is 19.3 Å². The number of rotatable bonds is 46. The average Bonchev–Trinajstić information content (AvgIpc) is 3.22. The van der Waals surface area contributed by atoms with Crippen molar-refractivity contribution in [2.45, 2.75) is 277 Å². The monoisotopic (exact) mass is 817 g/mol. The molecule has 0 bridgehead atoms. The highest BCUT2D eigenvalue weighted by Gasteiger charge is 2.19. The third kappa shape index (κ3) is 45.0. The summed E-state index contributed by atoms with van der Waals surface area (Å²) in [6.45, 7) is 6.58. The molecule has 58 heavy (non-hydrogen) atoms. The molecule has 0 aromatic rings. The highest BCUT2D eigenvalue weighted by molar-refractivity contribution is 5.71. The molecule has 0 aliphatic rings. The zero-order chi connectivity index (χ0) is 42.3. The van der Waals surface area contributed by atoms with Gasteiger partial charge in [0.25, 0.3) is 0 Å². The first-order valence-electron chi connectivity index (χ1n) is 25.3. The first kappa shape index (κ1) is 55.9. The maximum Gasteiger partial charge on any atom is 0.306 e. The first-order valence-corrected chi connectivity index (χ1v) is 25.3. The standard InChI is InChI=1S/C52H96O6/c1-4-7-10-13-16-18-20-22-24-26-27-29-30-32-34-36-39-42-45-51(54)57-48-49(47-56-50(53)44-41-38-15-12-9-6-3)58-52(55)46-43-40-37-35-33-31-28-25-23-21-19-17-14-11-8-5-2/h24-26,28,49H,4-23,27,29-48H2,1-3H3/b26-24-,28-25-. The van der Waals surface area contributed by atoms with Crippen molar-refractivity contribution in [1.29, 1.82) is 0 Å². The Morgan fingerprint density at radius 1 is 0.328 bits per heavy atom. The van der Waals surface area contributed by atoms with E-state index in [9.17, 15) is 14.4 Å². The minimum absolute atomic E-state index is 0.0743. The second kappa shape index (κ2) is 47.6. The van der Waals surface area contributed by atoms with Crippen LogP contribution in [0.4, 0.5) is 0 Å². The predicted molar refractivity (Wildman–Crippen MR) is 247 cm³/mol. The number of hydrogen-bond donors (Lipinski definition) is 0. The van der Waals surface area contributed by atoms with Crippen LogP contribution < -0.4 is 0 Å². The molecule has 0 radical (unpaired) electrons. The maximum absolute atomic E-state index is 12.7. The molecule has 0 fully saturated rings. The summed E-state index contributed by atoms with van der Waals surface area (Å²) in [5, 5.41) is 0. The normalized spacial score (nSPS) is 12.1. The van der Waals surface area contributed by atoms with Gasteiger partial charge in [0.15, 0.2) is 6.10 Å². The maximum atomic E-state index is 12.7. The van der Waals surface area contributed by atoms with Gasteiger partial charge in [-0.3, -0.25) is 14.4 Å².